The highest BCUT2D eigenvalue weighted by Crippen LogP contribution is 2.26. The lowest BCUT2D eigenvalue weighted by atomic mass is 9.94. The fourth-order valence-electron chi connectivity index (χ4n) is 2.25. The Balaban J connectivity index is 2.27. The lowest BCUT2D eigenvalue weighted by Gasteiger charge is -2.36. The van der Waals surface area contributed by atoms with Crippen LogP contribution in [0.15, 0.2) is 18.2 Å². The van der Waals surface area contributed by atoms with Gasteiger partial charge in [0, 0.05) is 19.1 Å². The average Bonchev–Trinajstić information content (AvgIpc) is 2.31. The Hall–Kier alpha value is -1.69. The van der Waals surface area contributed by atoms with E-state index in [1.54, 1.807) is 0 Å². The number of rotatable bonds is 2. The Morgan fingerprint density at radius 2 is 2.11 bits per heavy atom. The Morgan fingerprint density at radius 1 is 1.39 bits per heavy atom. The average molecular weight is 256 g/mol. The van der Waals surface area contributed by atoms with Crippen LogP contribution in [-0.2, 0) is 4.79 Å². The molecule has 1 aromatic carbocycles. The van der Waals surface area contributed by atoms with E-state index >= 15 is 0 Å². The van der Waals surface area contributed by atoms with Crippen molar-refractivity contribution >= 4 is 11.7 Å². The minimum atomic E-state index is -0.966. The minimum Gasteiger partial charge on any atom is -0.481 e. The topological polar surface area (TPSA) is 66.6 Å². The van der Waals surface area contributed by atoms with Gasteiger partial charge in [-0.1, -0.05) is 6.07 Å². The second-order valence-corrected chi connectivity index (χ2v) is 4.51. The molecule has 4 nitrogen and oxygen atoms in total. The quantitative estimate of drug-likeness (QED) is 0.834. The van der Waals surface area contributed by atoms with E-state index < -0.39 is 23.5 Å². The fraction of sp³-hybridized carbons (Fsp3) is 0.417. The molecule has 2 atom stereocenters. The number of piperidine rings is 1. The highest BCUT2D eigenvalue weighted by molar-refractivity contribution is 5.71. The van der Waals surface area contributed by atoms with Gasteiger partial charge in [0.15, 0.2) is 11.6 Å². The van der Waals surface area contributed by atoms with Crippen LogP contribution in [0.25, 0.3) is 0 Å². The van der Waals surface area contributed by atoms with Crippen LogP contribution in [0.2, 0.25) is 0 Å². The van der Waals surface area contributed by atoms with Gasteiger partial charge in [0.25, 0.3) is 0 Å². The van der Waals surface area contributed by atoms with Crippen LogP contribution in [0, 0.1) is 17.6 Å². The number of halogens is 2. The predicted molar refractivity (Wildman–Crippen MR) is 62.3 cm³/mol. The van der Waals surface area contributed by atoms with E-state index in [4.69, 9.17) is 10.8 Å². The number of carbonyl (C=O) groups is 1. The van der Waals surface area contributed by atoms with Crippen LogP contribution in [0.1, 0.15) is 6.42 Å². The van der Waals surface area contributed by atoms with Crippen LogP contribution in [0.5, 0.6) is 0 Å². The monoisotopic (exact) mass is 256 g/mol. The summed E-state index contributed by atoms with van der Waals surface area (Å²) in [7, 11) is 0. The van der Waals surface area contributed by atoms with Gasteiger partial charge in [0.2, 0.25) is 0 Å². The Kier molecular flexibility index (Phi) is 3.47. The second kappa shape index (κ2) is 4.89. The summed E-state index contributed by atoms with van der Waals surface area (Å²) in [6, 6.07) is 3.48. The van der Waals surface area contributed by atoms with E-state index in [9.17, 15) is 13.6 Å². The maximum atomic E-state index is 13.6. The van der Waals surface area contributed by atoms with Gasteiger partial charge in [-0.25, -0.2) is 8.78 Å². The molecule has 18 heavy (non-hydrogen) atoms. The molecule has 1 heterocycles. The highest BCUT2D eigenvalue weighted by Gasteiger charge is 2.31. The van der Waals surface area contributed by atoms with Gasteiger partial charge in [-0.2, -0.15) is 0 Å². The van der Waals surface area contributed by atoms with Crippen LogP contribution in [0.4, 0.5) is 14.5 Å². The second-order valence-electron chi connectivity index (χ2n) is 4.51. The van der Waals surface area contributed by atoms with Crippen molar-refractivity contribution in [1.29, 1.82) is 0 Å². The summed E-state index contributed by atoms with van der Waals surface area (Å²) in [5, 5.41) is 8.99. The zero-order valence-corrected chi connectivity index (χ0v) is 9.64. The third kappa shape index (κ3) is 2.43. The van der Waals surface area contributed by atoms with E-state index in [-0.39, 0.29) is 18.3 Å². The van der Waals surface area contributed by atoms with Crippen LogP contribution in [0.3, 0.4) is 0 Å². The van der Waals surface area contributed by atoms with Crippen molar-refractivity contribution in [2.45, 2.75) is 12.5 Å². The molecule has 0 amide bonds. The van der Waals surface area contributed by atoms with E-state index in [0.717, 1.165) is 6.07 Å². The third-order valence-corrected chi connectivity index (χ3v) is 3.10. The maximum absolute atomic E-state index is 13.6. The van der Waals surface area contributed by atoms with E-state index in [2.05, 4.69) is 0 Å². The molecule has 98 valence electrons. The lowest BCUT2D eigenvalue weighted by Crippen LogP contribution is -2.49. The largest absolute Gasteiger partial charge is 0.481 e. The van der Waals surface area contributed by atoms with Crippen molar-refractivity contribution < 1.29 is 18.7 Å². The SMILES string of the molecule is NC1CC(C(=O)O)CN(c2cccc(F)c2F)C1. The Morgan fingerprint density at radius 3 is 2.78 bits per heavy atom. The normalized spacial score (nSPS) is 24.1. The lowest BCUT2D eigenvalue weighted by molar-refractivity contribution is -0.142. The van der Waals surface area contributed by atoms with Crippen molar-refractivity contribution in [1.82, 2.24) is 0 Å². The fourth-order valence-corrected chi connectivity index (χ4v) is 2.25. The minimum absolute atomic E-state index is 0.0661. The molecule has 0 spiro atoms. The number of carboxylic acid groups (broad SMARTS) is 1. The number of nitrogens with zero attached hydrogens (tertiary/aromatic N) is 1. The van der Waals surface area contributed by atoms with Crippen LogP contribution in [-0.4, -0.2) is 30.2 Å². The molecule has 0 aromatic heterocycles. The third-order valence-electron chi connectivity index (χ3n) is 3.10. The summed E-state index contributed by atoms with van der Waals surface area (Å²) in [5.41, 5.74) is 5.82. The molecule has 0 bridgehead atoms. The number of benzene rings is 1. The van der Waals surface area contributed by atoms with Gasteiger partial charge in [0.05, 0.1) is 11.6 Å². The summed E-state index contributed by atoms with van der Waals surface area (Å²) < 4.78 is 26.8. The van der Waals surface area contributed by atoms with E-state index in [0.29, 0.717) is 13.0 Å². The van der Waals surface area contributed by atoms with Crippen molar-refractivity contribution in [3.63, 3.8) is 0 Å². The first-order chi connectivity index (χ1) is 8.49. The number of carboxylic acids is 1. The Bertz CT molecular complexity index is 467. The first kappa shape index (κ1) is 12.8. The molecular formula is C12H14F2N2O2. The molecule has 1 aliphatic rings. The molecule has 0 aliphatic carbocycles. The number of aliphatic carboxylic acids is 1. The summed E-state index contributed by atoms with van der Waals surface area (Å²) in [6.45, 7) is 0.466. The predicted octanol–water partition coefficient (Wildman–Crippen LogP) is 1.20. The zero-order chi connectivity index (χ0) is 13.3. The van der Waals surface area contributed by atoms with Gasteiger partial charge in [0.1, 0.15) is 0 Å². The van der Waals surface area contributed by atoms with Gasteiger partial charge >= 0.3 is 5.97 Å². The maximum Gasteiger partial charge on any atom is 0.308 e. The summed E-state index contributed by atoms with van der Waals surface area (Å²) in [4.78, 5) is 12.5. The standard InChI is InChI=1S/C12H14F2N2O2/c13-9-2-1-3-10(11(9)14)16-5-7(12(17)18)4-8(15)6-16/h1-3,7-8H,4-6,15H2,(H,17,18). The molecule has 1 aliphatic heterocycles. The summed E-state index contributed by atoms with van der Waals surface area (Å²) in [6.07, 6.45) is 0.350. The van der Waals surface area contributed by atoms with Gasteiger partial charge < -0.3 is 15.7 Å². The zero-order valence-electron chi connectivity index (χ0n) is 9.64. The van der Waals surface area contributed by atoms with E-state index in [1.165, 1.54) is 17.0 Å². The molecule has 2 rings (SSSR count). The molecule has 6 heteroatoms. The van der Waals surface area contributed by atoms with Crippen molar-refractivity contribution in [3.8, 4) is 0 Å². The van der Waals surface area contributed by atoms with Crippen molar-refractivity contribution in [2.75, 3.05) is 18.0 Å². The molecule has 0 saturated carbocycles. The molecule has 1 aromatic rings. The smallest absolute Gasteiger partial charge is 0.308 e. The highest BCUT2D eigenvalue weighted by atomic mass is 19.2. The first-order valence-electron chi connectivity index (χ1n) is 5.66. The molecule has 0 radical (unpaired) electrons. The molecular weight excluding hydrogens is 242 g/mol. The number of nitrogens with two attached hydrogens (primary N) is 1. The first-order valence-corrected chi connectivity index (χ1v) is 5.66. The number of anilines is 1. The number of hydrogen-bond donors (Lipinski definition) is 2. The van der Waals surface area contributed by atoms with Crippen molar-refractivity contribution in [3.05, 3.63) is 29.8 Å². The summed E-state index contributed by atoms with van der Waals surface area (Å²) in [5.74, 6) is -3.53. The van der Waals surface area contributed by atoms with Gasteiger partial charge in [-0.05, 0) is 18.6 Å². The molecule has 2 unspecified atom stereocenters. The van der Waals surface area contributed by atoms with Gasteiger partial charge in [-0.15, -0.1) is 0 Å². The van der Waals surface area contributed by atoms with Gasteiger partial charge in [-0.3, -0.25) is 4.79 Å². The molecule has 3 N–H and O–H groups in total. The molecule has 1 saturated heterocycles. The Labute approximate surface area is 103 Å². The molecule has 1 fully saturated rings. The number of hydrogen-bond acceptors (Lipinski definition) is 3. The van der Waals surface area contributed by atoms with E-state index in [1.807, 2.05) is 0 Å². The summed E-state index contributed by atoms with van der Waals surface area (Å²) >= 11 is 0. The van der Waals surface area contributed by atoms with Crippen LogP contribution >= 0.6 is 0 Å². The van der Waals surface area contributed by atoms with Crippen molar-refractivity contribution in [2.24, 2.45) is 11.7 Å². The van der Waals surface area contributed by atoms with Crippen LogP contribution < -0.4 is 10.6 Å².